The number of aryl methyl sites for hydroxylation is 1. The van der Waals surface area contributed by atoms with Crippen LogP contribution in [0.4, 0.5) is 5.69 Å². The maximum Gasteiger partial charge on any atom is 0.338 e. The summed E-state index contributed by atoms with van der Waals surface area (Å²) in [5, 5.41) is 20.2. The number of ether oxygens (including phenoxy) is 1. The fourth-order valence-electron chi connectivity index (χ4n) is 6.41. The highest BCUT2D eigenvalue weighted by molar-refractivity contribution is 5.92. The van der Waals surface area contributed by atoms with E-state index < -0.39 is 17.5 Å². The number of hydrogen-bond donors (Lipinski definition) is 0. The van der Waals surface area contributed by atoms with Gasteiger partial charge < -0.3 is 9.64 Å². The number of benzene rings is 1. The van der Waals surface area contributed by atoms with E-state index in [4.69, 9.17) is 10.00 Å². The third kappa shape index (κ3) is 4.14. The van der Waals surface area contributed by atoms with Crippen LogP contribution in [0.1, 0.15) is 60.9 Å². The molecule has 5 rings (SSSR count). The van der Waals surface area contributed by atoms with Crippen LogP contribution < -0.4 is 0 Å². The molecule has 31 heavy (non-hydrogen) atoms. The molecule has 0 unspecified atom stereocenters. The Morgan fingerprint density at radius 2 is 1.84 bits per heavy atom. The SMILES string of the molecule is Cc1ccc(C(=O)OCC(=O)N(CCC#N)C23CC4CC(CC(C4)C2)C3)cc1[N+](=O)[O-]. The van der Waals surface area contributed by atoms with Crippen molar-refractivity contribution in [2.45, 2.75) is 57.4 Å². The topological polar surface area (TPSA) is 114 Å². The Kier molecular flexibility index (Phi) is 5.69. The van der Waals surface area contributed by atoms with Gasteiger partial charge in [0.1, 0.15) is 0 Å². The van der Waals surface area contributed by atoms with Crippen LogP contribution in [0.3, 0.4) is 0 Å². The van der Waals surface area contributed by atoms with Gasteiger partial charge in [0, 0.05) is 23.7 Å². The molecular weight excluding hydrogens is 398 g/mol. The number of nitro groups is 1. The first kappa shape index (κ1) is 21.3. The van der Waals surface area contributed by atoms with Gasteiger partial charge in [-0.3, -0.25) is 14.9 Å². The summed E-state index contributed by atoms with van der Waals surface area (Å²) in [6.07, 6.45) is 6.85. The predicted molar refractivity (Wildman–Crippen MR) is 111 cm³/mol. The van der Waals surface area contributed by atoms with Crippen molar-refractivity contribution < 1.29 is 19.2 Å². The standard InChI is InChI=1S/C23H27N3O5/c1-15-3-4-19(10-20(15)26(29)30)22(28)31-14-21(27)25(6-2-5-24)23-11-16-7-17(12-23)9-18(8-16)13-23/h3-4,10,16-18H,2,6-9,11-14H2,1H3. The molecule has 1 aromatic carbocycles. The summed E-state index contributed by atoms with van der Waals surface area (Å²) >= 11 is 0. The summed E-state index contributed by atoms with van der Waals surface area (Å²) in [4.78, 5) is 38.0. The first-order valence-corrected chi connectivity index (χ1v) is 10.9. The van der Waals surface area contributed by atoms with E-state index in [1.165, 1.54) is 37.5 Å². The van der Waals surface area contributed by atoms with E-state index in [1.807, 2.05) is 4.90 Å². The van der Waals surface area contributed by atoms with Crippen LogP contribution in [-0.2, 0) is 9.53 Å². The van der Waals surface area contributed by atoms with Crippen molar-refractivity contribution in [3.05, 3.63) is 39.4 Å². The monoisotopic (exact) mass is 425 g/mol. The van der Waals surface area contributed by atoms with Crippen molar-refractivity contribution in [3.63, 3.8) is 0 Å². The summed E-state index contributed by atoms with van der Waals surface area (Å²) < 4.78 is 5.25. The third-order valence-electron chi connectivity index (χ3n) is 7.30. The Morgan fingerprint density at radius 1 is 1.23 bits per heavy atom. The maximum absolute atomic E-state index is 13.2. The Labute approximate surface area is 181 Å². The number of rotatable bonds is 7. The second-order valence-electron chi connectivity index (χ2n) is 9.43. The number of nitro benzene ring substituents is 1. The Morgan fingerprint density at radius 3 is 2.39 bits per heavy atom. The minimum atomic E-state index is -0.762. The van der Waals surface area contributed by atoms with E-state index in [-0.39, 0.29) is 29.1 Å². The Balaban J connectivity index is 1.46. The lowest BCUT2D eigenvalue weighted by molar-refractivity contribution is -0.385. The van der Waals surface area contributed by atoms with Crippen LogP contribution in [0.25, 0.3) is 0 Å². The van der Waals surface area contributed by atoms with Crippen molar-refractivity contribution >= 4 is 17.6 Å². The predicted octanol–water partition coefficient (Wildman–Crippen LogP) is 3.77. The average molecular weight is 425 g/mol. The summed E-state index contributed by atoms with van der Waals surface area (Å²) in [6, 6.07) is 6.26. The maximum atomic E-state index is 13.2. The molecule has 0 spiro atoms. The van der Waals surface area contributed by atoms with E-state index in [2.05, 4.69) is 6.07 Å². The fourth-order valence-corrected chi connectivity index (χ4v) is 6.41. The van der Waals surface area contributed by atoms with Gasteiger partial charge in [0.05, 0.1) is 23.0 Å². The number of amides is 1. The Hall–Kier alpha value is -2.95. The van der Waals surface area contributed by atoms with Crippen LogP contribution in [0.15, 0.2) is 18.2 Å². The molecule has 0 aliphatic heterocycles. The largest absolute Gasteiger partial charge is 0.452 e. The van der Waals surface area contributed by atoms with E-state index in [0.29, 0.717) is 29.9 Å². The lowest BCUT2D eigenvalue weighted by Gasteiger charge is -2.60. The van der Waals surface area contributed by atoms with Crippen molar-refractivity contribution in [3.8, 4) is 6.07 Å². The van der Waals surface area contributed by atoms with Crippen LogP contribution in [0.5, 0.6) is 0 Å². The van der Waals surface area contributed by atoms with Gasteiger partial charge in [0.2, 0.25) is 0 Å². The smallest absolute Gasteiger partial charge is 0.338 e. The highest BCUT2D eigenvalue weighted by Crippen LogP contribution is 2.57. The van der Waals surface area contributed by atoms with Gasteiger partial charge >= 0.3 is 5.97 Å². The molecule has 8 heteroatoms. The molecular formula is C23H27N3O5. The molecule has 8 nitrogen and oxygen atoms in total. The minimum Gasteiger partial charge on any atom is -0.452 e. The first-order valence-electron chi connectivity index (χ1n) is 10.9. The summed E-state index contributed by atoms with van der Waals surface area (Å²) in [6.45, 7) is 1.51. The number of esters is 1. The van der Waals surface area contributed by atoms with E-state index in [9.17, 15) is 19.7 Å². The number of nitrogens with zero attached hydrogens (tertiary/aromatic N) is 3. The molecule has 1 amide bonds. The normalized spacial score (nSPS) is 28.1. The zero-order valence-electron chi connectivity index (χ0n) is 17.7. The quantitative estimate of drug-likeness (QED) is 0.373. The molecule has 4 aliphatic rings. The second kappa shape index (κ2) is 8.29. The summed E-state index contributed by atoms with van der Waals surface area (Å²) in [5.41, 5.74) is 0.105. The van der Waals surface area contributed by atoms with Gasteiger partial charge in [0.15, 0.2) is 6.61 Å². The number of hydrogen-bond acceptors (Lipinski definition) is 6. The van der Waals surface area contributed by atoms with Crippen LogP contribution in [0.2, 0.25) is 0 Å². The van der Waals surface area contributed by atoms with Crippen molar-refractivity contribution in [2.24, 2.45) is 17.8 Å². The third-order valence-corrected chi connectivity index (χ3v) is 7.30. The lowest BCUT2D eigenvalue weighted by Crippen LogP contribution is -2.62. The van der Waals surface area contributed by atoms with Gasteiger partial charge in [-0.05, 0) is 69.3 Å². The van der Waals surface area contributed by atoms with E-state index in [1.54, 1.807) is 6.92 Å². The van der Waals surface area contributed by atoms with Gasteiger partial charge in [-0.1, -0.05) is 6.07 Å². The molecule has 4 bridgehead atoms. The van der Waals surface area contributed by atoms with Crippen molar-refractivity contribution in [1.29, 1.82) is 5.26 Å². The molecule has 1 aromatic rings. The van der Waals surface area contributed by atoms with Crippen LogP contribution in [0, 0.1) is 46.1 Å². The number of nitriles is 1. The highest BCUT2D eigenvalue weighted by Gasteiger charge is 2.54. The number of carbonyl (C=O) groups excluding carboxylic acids is 2. The molecule has 4 aliphatic carbocycles. The minimum absolute atomic E-state index is 0.0449. The zero-order chi connectivity index (χ0) is 22.2. The molecule has 0 atom stereocenters. The van der Waals surface area contributed by atoms with Gasteiger partial charge in [0.25, 0.3) is 11.6 Å². The zero-order valence-corrected chi connectivity index (χ0v) is 17.7. The van der Waals surface area contributed by atoms with Crippen LogP contribution in [-0.4, -0.2) is 40.4 Å². The molecule has 164 valence electrons. The molecule has 0 saturated heterocycles. The second-order valence-corrected chi connectivity index (χ2v) is 9.43. The van der Waals surface area contributed by atoms with Crippen molar-refractivity contribution in [2.75, 3.05) is 13.2 Å². The molecule has 0 heterocycles. The summed E-state index contributed by atoms with van der Waals surface area (Å²) in [7, 11) is 0. The molecule has 4 saturated carbocycles. The molecule has 4 fully saturated rings. The average Bonchev–Trinajstić information content (AvgIpc) is 2.71. The van der Waals surface area contributed by atoms with Crippen molar-refractivity contribution in [1.82, 2.24) is 4.90 Å². The molecule has 0 aromatic heterocycles. The van der Waals surface area contributed by atoms with Crippen LogP contribution >= 0.6 is 0 Å². The van der Waals surface area contributed by atoms with E-state index in [0.717, 1.165) is 19.3 Å². The first-order chi connectivity index (χ1) is 14.8. The summed E-state index contributed by atoms with van der Waals surface area (Å²) in [5.74, 6) is 0.868. The number of carbonyl (C=O) groups is 2. The lowest BCUT2D eigenvalue weighted by atomic mass is 9.52. The van der Waals surface area contributed by atoms with Gasteiger partial charge in [-0.15, -0.1) is 0 Å². The van der Waals surface area contributed by atoms with Gasteiger partial charge in [-0.25, -0.2) is 4.79 Å². The molecule has 0 radical (unpaired) electrons. The fraction of sp³-hybridized carbons (Fsp3) is 0.609. The van der Waals surface area contributed by atoms with Gasteiger partial charge in [-0.2, -0.15) is 5.26 Å². The Bertz CT molecular complexity index is 916. The highest BCUT2D eigenvalue weighted by atomic mass is 16.6. The molecule has 0 N–H and O–H groups in total. The van der Waals surface area contributed by atoms with E-state index >= 15 is 0 Å².